The van der Waals surface area contributed by atoms with Crippen LogP contribution in [0.1, 0.15) is 18.9 Å². The fourth-order valence-corrected chi connectivity index (χ4v) is 2.92. The van der Waals surface area contributed by atoms with Crippen molar-refractivity contribution < 1.29 is 17.6 Å². The molecule has 1 saturated heterocycles. The van der Waals surface area contributed by atoms with E-state index in [9.17, 15) is 17.6 Å². The van der Waals surface area contributed by atoms with Gasteiger partial charge in [-0.15, -0.1) is 24.0 Å². The summed E-state index contributed by atoms with van der Waals surface area (Å²) in [6.45, 7) is 2.63. The minimum atomic E-state index is -4.18. The lowest BCUT2D eigenvalue weighted by Crippen LogP contribution is -2.45. The van der Waals surface area contributed by atoms with E-state index in [1.807, 2.05) is 6.92 Å². The molecule has 2 rings (SSSR count). The van der Waals surface area contributed by atoms with Crippen molar-refractivity contribution in [2.75, 3.05) is 26.2 Å². The fraction of sp³-hybridized carbons (Fsp3) is 0.562. The molecule has 26 heavy (non-hydrogen) atoms. The Balaban J connectivity index is 0.00000338. The van der Waals surface area contributed by atoms with Gasteiger partial charge in [0, 0.05) is 25.7 Å². The smallest absolute Gasteiger partial charge is 0.357 e. The molecule has 0 aliphatic carbocycles. The van der Waals surface area contributed by atoms with Crippen LogP contribution in [0.5, 0.6) is 0 Å². The summed E-state index contributed by atoms with van der Waals surface area (Å²) in [5.41, 5.74) is 0.711. The molecule has 4 nitrogen and oxygen atoms in total. The Hall–Kier alpha value is -0.620. The van der Waals surface area contributed by atoms with Crippen LogP contribution in [0.25, 0.3) is 0 Å². The molecule has 0 bridgehead atoms. The first kappa shape index (κ1) is 23.4. The van der Waals surface area contributed by atoms with Crippen LogP contribution in [0.4, 0.5) is 17.6 Å². The Bertz CT molecular complexity index is 612. The van der Waals surface area contributed by atoms with Crippen LogP contribution in [0, 0.1) is 5.82 Å². The highest BCUT2D eigenvalue weighted by molar-refractivity contribution is 14.0. The number of alkyl halides is 3. The van der Waals surface area contributed by atoms with Gasteiger partial charge in [0.2, 0.25) is 0 Å². The molecule has 1 aromatic rings. The summed E-state index contributed by atoms with van der Waals surface area (Å²) in [4.78, 5) is 5.77. The van der Waals surface area contributed by atoms with Gasteiger partial charge in [-0.3, -0.25) is 4.90 Å². The number of hydrogen-bond acceptors (Lipinski definition) is 2. The first-order valence-corrected chi connectivity index (χ1v) is 8.84. The highest BCUT2D eigenvalue weighted by Gasteiger charge is 2.34. The van der Waals surface area contributed by atoms with Gasteiger partial charge in [-0.05, 0) is 47.0 Å². The average Bonchev–Trinajstić information content (AvgIpc) is 2.93. The first-order valence-electron chi connectivity index (χ1n) is 8.04. The maximum Gasteiger partial charge on any atom is 0.401 e. The van der Waals surface area contributed by atoms with E-state index >= 15 is 0 Å². The zero-order chi connectivity index (χ0) is 18.4. The number of guanidine groups is 1. The summed E-state index contributed by atoms with van der Waals surface area (Å²) in [7, 11) is 0. The number of nitrogens with zero attached hydrogens (tertiary/aromatic N) is 2. The highest BCUT2D eigenvalue weighted by atomic mass is 127. The van der Waals surface area contributed by atoms with Gasteiger partial charge in [0.05, 0.1) is 17.6 Å². The molecule has 1 aliphatic rings. The van der Waals surface area contributed by atoms with Gasteiger partial charge in [-0.1, -0.05) is 6.07 Å². The average molecular weight is 553 g/mol. The lowest BCUT2D eigenvalue weighted by Gasteiger charge is -2.19. The normalized spacial score (nSPS) is 18.5. The Morgan fingerprint density at radius 3 is 2.73 bits per heavy atom. The molecule has 0 aromatic heterocycles. The zero-order valence-electron chi connectivity index (χ0n) is 14.2. The van der Waals surface area contributed by atoms with Crippen LogP contribution in [-0.4, -0.2) is 49.3 Å². The van der Waals surface area contributed by atoms with Crippen LogP contribution in [0.15, 0.2) is 27.7 Å². The molecular formula is C16H22BrF4IN4. The molecule has 2 N–H and O–H groups in total. The van der Waals surface area contributed by atoms with Gasteiger partial charge < -0.3 is 10.6 Å². The van der Waals surface area contributed by atoms with E-state index < -0.39 is 12.7 Å². The largest absolute Gasteiger partial charge is 0.401 e. The second-order valence-electron chi connectivity index (χ2n) is 5.92. The van der Waals surface area contributed by atoms with Crippen molar-refractivity contribution in [3.05, 3.63) is 34.1 Å². The number of aliphatic imine (C=N–C) groups is 1. The standard InChI is InChI=1S/C16H21BrF4N4.HI/c1-2-22-15(23-8-11-3-4-13(17)14(18)7-11)24-12-5-6-25(9-12)10-16(19,20)21;/h3-4,7,12H,2,5-6,8-10H2,1H3,(H2,22,23,24);1H. The monoisotopic (exact) mass is 552 g/mol. The Labute approximate surface area is 176 Å². The summed E-state index contributed by atoms with van der Waals surface area (Å²) in [5, 5.41) is 6.22. The number of nitrogens with one attached hydrogen (secondary N) is 2. The van der Waals surface area contributed by atoms with Crippen LogP contribution < -0.4 is 10.6 Å². The molecule has 0 spiro atoms. The number of likely N-dealkylation sites (tertiary alicyclic amines) is 1. The molecular weight excluding hydrogens is 531 g/mol. The maximum absolute atomic E-state index is 13.5. The van der Waals surface area contributed by atoms with Crippen molar-refractivity contribution in [2.24, 2.45) is 4.99 Å². The Kier molecular flexibility index (Phi) is 9.59. The summed E-state index contributed by atoms with van der Waals surface area (Å²) < 4.78 is 51.3. The SMILES string of the molecule is CCNC(=NCc1ccc(Br)c(F)c1)NC1CCN(CC(F)(F)F)C1.I. The van der Waals surface area contributed by atoms with Crippen molar-refractivity contribution >= 4 is 45.9 Å². The van der Waals surface area contributed by atoms with Crippen molar-refractivity contribution in [1.29, 1.82) is 0 Å². The Morgan fingerprint density at radius 1 is 1.38 bits per heavy atom. The molecule has 10 heteroatoms. The second kappa shape index (κ2) is 10.6. The molecule has 1 atom stereocenters. The summed E-state index contributed by atoms with van der Waals surface area (Å²) in [6.07, 6.45) is -3.56. The molecule has 0 amide bonds. The molecule has 1 heterocycles. The molecule has 148 valence electrons. The molecule has 1 aliphatic heterocycles. The third kappa shape index (κ3) is 7.95. The first-order chi connectivity index (χ1) is 11.8. The quantitative estimate of drug-likeness (QED) is 0.252. The van der Waals surface area contributed by atoms with Gasteiger partial charge in [-0.2, -0.15) is 13.2 Å². The number of hydrogen-bond donors (Lipinski definition) is 2. The van der Waals surface area contributed by atoms with Crippen molar-refractivity contribution in [3.8, 4) is 0 Å². The molecule has 1 fully saturated rings. The molecule has 0 saturated carbocycles. The third-order valence-corrected chi connectivity index (χ3v) is 4.41. The van der Waals surface area contributed by atoms with Crippen molar-refractivity contribution in [3.63, 3.8) is 0 Å². The number of benzene rings is 1. The fourth-order valence-electron chi connectivity index (χ4n) is 2.67. The van der Waals surface area contributed by atoms with Crippen LogP contribution in [0.2, 0.25) is 0 Å². The minimum absolute atomic E-state index is 0. The lowest BCUT2D eigenvalue weighted by atomic mass is 10.2. The molecule has 0 radical (unpaired) electrons. The van der Waals surface area contributed by atoms with E-state index in [0.29, 0.717) is 42.1 Å². The van der Waals surface area contributed by atoms with Crippen molar-refractivity contribution in [1.82, 2.24) is 15.5 Å². The summed E-state index contributed by atoms with van der Waals surface area (Å²) >= 11 is 3.10. The van der Waals surface area contributed by atoms with Gasteiger partial charge in [0.25, 0.3) is 0 Å². The Morgan fingerprint density at radius 2 is 2.12 bits per heavy atom. The number of rotatable bonds is 5. The third-order valence-electron chi connectivity index (χ3n) is 3.76. The molecule has 1 aromatic carbocycles. The van der Waals surface area contributed by atoms with Gasteiger partial charge in [-0.25, -0.2) is 9.38 Å². The van der Waals surface area contributed by atoms with E-state index in [1.165, 1.54) is 11.0 Å². The second-order valence-corrected chi connectivity index (χ2v) is 6.78. The van der Waals surface area contributed by atoms with Gasteiger partial charge in [0.1, 0.15) is 5.82 Å². The molecule has 1 unspecified atom stereocenters. The topological polar surface area (TPSA) is 39.7 Å². The van der Waals surface area contributed by atoms with Crippen LogP contribution in [-0.2, 0) is 6.54 Å². The van der Waals surface area contributed by atoms with Gasteiger partial charge >= 0.3 is 6.18 Å². The maximum atomic E-state index is 13.5. The van der Waals surface area contributed by atoms with Gasteiger partial charge in [0.15, 0.2) is 5.96 Å². The minimum Gasteiger partial charge on any atom is -0.357 e. The van der Waals surface area contributed by atoms with Crippen LogP contribution in [0.3, 0.4) is 0 Å². The predicted molar refractivity (Wildman–Crippen MR) is 108 cm³/mol. The lowest BCUT2D eigenvalue weighted by molar-refractivity contribution is -0.143. The highest BCUT2D eigenvalue weighted by Crippen LogP contribution is 2.20. The summed E-state index contributed by atoms with van der Waals surface area (Å²) in [5.74, 6) is 0.161. The van der Waals surface area contributed by atoms with E-state index in [4.69, 9.17) is 0 Å². The van der Waals surface area contributed by atoms with E-state index in [2.05, 4.69) is 31.6 Å². The predicted octanol–water partition coefficient (Wildman–Crippen LogP) is 3.90. The van der Waals surface area contributed by atoms with E-state index in [0.717, 1.165) is 0 Å². The van der Waals surface area contributed by atoms with E-state index in [1.54, 1.807) is 12.1 Å². The zero-order valence-corrected chi connectivity index (χ0v) is 18.2. The van der Waals surface area contributed by atoms with E-state index in [-0.39, 0.29) is 42.4 Å². The number of halogens is 6. The van der Waals surface area contributed by atoms with Crippen LogP contribution >= 0.6 is 39.9 Å². The van der Waals surface area contributed by atoms with Crippen molar-refractivity contribution in [2.45, 2.75) is 32.1 Å². The summed E-state index contributed by atoms with van der Waals surface area (Å²) in [6, 6.07) is 4.69.